The standard InChI is InChI=1S/C26H34O6S/c1-20-7-11-23(12-8-20)33(28,29)32-17-5-3-14-26(27)15-13-22-10-9-21(18-24(22)26)19-31-25-6-2-4-16-30-25/h7-12,18,25,27H,2-6,13-17,19H2,1H3. The van der Waals surface area contributed by atoms with Crippen molar-refractivity contribution in [1.82, 2.24) is 0 Å². The van der Waals surface area contributed by atoms with Crippen molar-refractivity contribution in [3.63, 3.8) is 0 Å². The summed E-state index contributed by atoms with van der Waals surface area (Å²) in [5, 5.41) is 11.3. The van der Waals surface area contributed by atoms with Crippen LogP contribution < -0.4 is 0 Å². The van der Waals surface area contributed by atoms with E-state index in [1.165, 1.54) is 5.56 Å². The van der Waals surface area contributed by atoms with Gasteiger partial charge in [0.05, 0.1) is 23.7 Å². The minimum absolute atomic E-state index is 0.106. The van der Waals surface area contributed by atoms with Gasteiger partial charge in [-0.15, -0.1) is 0 Å². The van der Waals surface area contributed by atoms with Crippen molar-refractivity contribution in [3.05, 3.63) is 64.7 Å². The Bertz CT molecular complexity index is 1030. The Morgan fingerprint density at radius 1 is 1.12 bits per heavy atom. The van der Waals surface area contributed by atoms with Gasteiger partial charge in [-0.3, -0.25) is 4.18 Å². The molecule has 180 valence electrons. The molecule has 1 N–H and O–H groups in total. The Morgan fingerprint density at radius 2 is 1.94 bits per heavy atom. The van der Waals surface area contributed by atoms with Gasteiger partial charge in [0.1, 0.15) is 0 Å². The van der Waals surface area contributed by atoms with Crippen LogP contribution in [-0.4, -0.2) is 33.0 Å². The largest absolute Gasteiger partial charge is 0.385 e. The lowest BCUT2D eigenvalue weighted by Crippen LogP contribution is -2.23. The molecule has 0 aromatic heterocycles. The molecule has 0 bridgehead atoms. The van der Waals surface area contributed by atoms with E-state index < -0.39 is 15.7 Å². The van der Waals surface area contributed by atoms with Gasteiger partial charge in [-0.1, -0.05) is 35.9 Å². The number of benzene rings is 2. The van der Waals surface area contributed by atoms with Crippen LogP contribution in [0.3, 0.4) is 0 Å². The number of rotatable bonds is 10. The number of unbranched alkanes of at least 4 members (excludes halogenated alkanes) is 1. The van der Waals surface area contributed by atoms with Crippen molar-refractivity contribution in [2.75, 3.05) is 13.2 Å². The van der Waals surface area contributed by atoms with Crippen LogP contribution in [0.4, 0.5) is 0 Å². The number of hydrogen-bond acceptors (Lipinski definition) is 6. The van der Waals surface area contributed by atoms with Gasteiger partial charge >= 0.3 is 0 Å². The molecule has 0 spiro atoms. The van der Waals surface area contributed by atoms with Gasteiger partial charge in [-0.2, -0.15) is 8.42 Å². The Kier molecular flexibility index (Phi) is 7.87. The van der Waals surface area contributed by atoms with Crippen molar-refractivity contribution >= 4 is 10.1 Å². The molecule has 1 saturated heterocycles. The monoisotopic (exact) mass is 474 g/mol. The molecule has 1 heterocycles. The van der Waals surface area contributed by atoms with Crippen LogP contribution >= 0.6 is 0 Å². The molecule has 33 heavy (non-hydrogen) atoms. The third kappa shape index (κ3) is 6.22. The molecule has 2 aromatic rings. The molecule has 0 amide bonds. The average molecular weight is 475 g/mol. The molecule has 7 heteroatoms. The van der Waals surface area contributed by atoms with Crippen LogP contribution in [0.2, 0.25) is 0 Å². The molecule has 6 nitrogen and oxygen atoms in total. The van der Waals surface area contributed by atoms with E-state index in [2.05, 4.69) is 18.2 Å². The van der Waals surface area contributed by atoms with E-state index in [-0.39, 0.29) is 17.8 Å². The highest BCUT2D eigenvalue weighted by Gasteiger charge is 2.36. The van der Waals surface area contributed by atoms with Crippen LogP contribution in [-0.2, 0) is 42.4 Å². The van der Waals surface area contributed by atoms with Gasteiger partial charge in [0.2, 0.25) is 0 Å². The van der Waals surface area contributed by atoms with Gasteiger partial charge < -0.3 is 14.6 Å². The topological polar surface area (TPSA) is 82.1 Å². The lowest BCUT2D eigenvalue weighted by atomic mass is 9.89. The second-order valence-corrected chi connectivity index (χ2v) is 10.8. The third-order valence-electron chi connectivity index (χ3n) is 6.59. The molecule has 4 rings (SSSR count). The van der Waals surface area contributed by atoms with Crippen molar-refractivity contribution in [1.29, 1.82) is 0 Å². The van der Waals surface area contributed by atoms with Crippen molar-refractivity contribution in [3.8, 4) is 0 Å². The summed E-state index contributed by atoms with van der Waals surface area (Å²) in [4.78, 5) is 0.171. The summed E-state index contributed by atoms with van der Waals surface area (Å²) in [6, 6.07) is 12.8. The number of aryl methyl sites for hydroxylation is 2. The highest BCUT2D eigenvalue weighted by molar-refractivity contribution is 7.86. The maximum absolute atomic E-state index is 12.3. The Labute approximate surface area is 197 Å². The summed E-state index contributed by atoms with van der Waals surface area (Å²) >= 11 is 0. The van der Waals surface area contributed by atoms with Crippen molar-refractivity contribution in [2.24, 2.45) is 0 Å². The summed E-state index contributed by atoms with van der Waals surface area (Å²) in [5.41, 5.74) is 3.30. The van der Waals surface area contributed by atoms with Gasteiger partial charge in [-0.05, 0) is 87.1 Å². The maximum Gasteiger partial charge on any atom is 0.296 e. The fraction of sp³-hybridized carbons (Fsp3) is 0.538. The van der Waals surface area contributed by atoms with E-state index in [0.29, 0.717) is 32.3 Å². The molecular formula is C26H34O6S. The minimum Gasteiger partial charge on any atom is -0.385 e. The van der Waals surface area contributed by atoms with Gasteiger partial charge in [0.25, 0.3) is 10.1 Å². The van der Waals surface area contributed by atoms with Crippen LogP contribution in [0, 0.1) is 6.92 Å². The number of aliphatic hydroxyl groups is 1. The number of ether oxygens (including phenoxy) is 2. The first kappa shape index (κ1) is 24.4. The number of fused-ring (bicyclic) bond motifs is 1. The lowest BCUT2D eigenvalue weighted by molar-refractivity contribution is -0.168. The average Bonchev–Trinajstić information content (AvgIpc) is 3.14. The maximum atomic E-state index is 12.3. The van der Waals surface area contributed by atoms with E-state index in [1.54, 1.807) is 24.3 Å². The Balaban J connectivity index is 1.27. The molecule has 0 saturated carbocycles. The smallest absolute Gasteiger partial charge is 0.296 e. The molecule has 2 aliphatic rings. The zero-order valence-corrected chi connectivity index (χ0v) is 20.1. The van der Waals surface area contributed by atoms with Gasteiger partial charge in [0.15, 0.2) is 6.29 Å². The normalized spacial score (nSPS) is 22.9. The second kappa shape index (κ2) is 10.7. The molecule has 1 aliphatic carbocycles. The van der Waals surface area contributed by atoms with Crippen LogP contribution in [0.15, 0.2) is 47.4 Å². The van der Waals surface area contributed by atoms with Crippen LogP contribution in [0.5, 0.6) is 0 Å². The van der Waals surface area contributed by atoms with E-state index in [0.717, 1.165) is 49.0 Å². The molecular weight excluding hydrogens is 440 g/mol. The summed E-state index contributed by atoms with van der Waals surface area (Å²) in [6.45, 7) is 3.24. The van der Waals surface area contributed by atoms with Gasteiger partial charge in [-0.25, -0.2) is 0 Å². The SMILES string of the molecule is Cc1ccc(S(=O)(=O)OCCCCC2(O)CCc3ccc(COC4CCCCO4)cc32)cc1. The summed E-state index contributed by atoms with van der Waals surface area (Å²) in [7, 11) is -3.75. The minimum atomic E-state index is -3.75. The first-order valence-electron chi connectivity index (χ1n) is 11.9. The number of hydrogen-bond donors (Lipinski definition) is 1. The van der Waals surface area contributed by atoms with E-state index >= 15 is 0 Å². The van der Waals surface area contributed by atoms with Gasteiger partial charge in [0, 0.05) is 6.61 Å². The van der Waals surface area contributed by atoms with E-state index in [4.69, 9.17) is 13.7 Å². The van der Waals surface area contributed by atoms with E-state index in [1.807, 2.05) is 6.92 Å². The fourth-order valence-corrected chi connectivity index (χ4v) is 5.54. The molecule has 1 fully saturated rings. The van der Waals surface area contributed by atoms with Crippen LogP contribution in [0.25, 0.3) is 0 Å². The second-order valence-electron chi connectivity index (χ2n) is 9.18. The van der Waals surface area contributed by atoms with Crippen LogP contribution in [0.1, 0.15) is 67.2 Å². The molecule has 2 unspecified atom stereocenters. The highest BCUT2D eigenvalue weighted by atomic mass is 32.2. The molecule has 1 aliphatic heterocycles. The Morgan fingerprint density at radius 3 is 2.70 bits per heavy atom. The molecule has 2 atom stereocenters. The fourth-order valence-electron chi connectivity index (χ4n) is 4.59. The van der Waals surface area contributed by atoms with Crippen molar-refractivity contribution in [2.45, 2.75) is 81.7 Å². The summed E-state index contributed by atoms with van der Waals surface area (Å²) in [6.07, 6.45) is 6.35. The molecule has 0 radical (unpaired) electrons. The first-order valence-corrected chi connectivity index (χ1v) is 13.3. The quantitative estimate of drug-likeness (QED) is 0.395. The van der Waals surface area contributed by atoms with Crippen molar-refractivity contribution < 1.29 is 27.2 Å². The Hall–Kier alpha value is -1.77. The zero-order valence-electron chi connectivity index (χ0n) is 19.3. The predicted octanol–water partition coefficient (Wildman–Crippen LogP) is 4.75. The lowest BCUT2D eigenvalue weighted by Gasteiger charge is -2.25. The first-order chi connectivity index (χ1) is 15.9. The van der Waals surface area contributed by atoms with E-state index in [9.17, 15) is 13.5 Å². The third-order valence-corrected chi connectivity index (χ3v) is 7.92. The highest BCUT2D eigenvalue weighted by Crippen LogP contribution is 2.41. The predicted molar refractivity (Wildman–Crippen MR) is 125 cm³/mol. The summed E-state index contributed by atoms with van der Waals surface area (Å²) < 4.78 is 41.4. The summed E-state index contributed by atoms with van der Waals surface area (Å²) in [5.74, 6) is 0. The zero-order chi connectivity index (χ0) is 23.3. The molecule has 2 aromatic carbocycles.